The van der Waals surface area contributed by atoms with E-state index in [1.165, 1.54) is 17.3 Å². The molecule has 0 unspecified atom stereocenters. The van der Waals surface area contributed by atoms with E-state index in [9.17, 15) is 4.79 Å². The number of nitrogens with one attached hydrogen (secondary N) is 1. The Bertz CT molecular complexity index is 975. The highest BCUT2D eigenvalue weighted by Gasteiger charge is 2.12. The monoisotopic (exact) mass is 427 g/mol. The number of aryl methyl sites for hydroxylation is 2. The number of ether oxygens (including phenoxy) is 2. The van der Waals surface area contributed by atoms with Crippen molar-refractivity contribution in [3.05, 3.63) is 53.6 Å². The molecule has 0 bridgehead atoms. The summed E-state index contributed by atoms with van der Waals surface area (Å²) in [6.45, 7) is 7.45. The number of carbonyl (C=O) groups is 1. The van der Waals surface area contributed by atoms with Crippen molar-refractivity contribution in [2.45, 2.75) is 25.9 Å². The van der Waals surface area contributed by atoms with E-state index in [4.69, 9.17) is 9.47 Å². The zero-order valence-electron chi connectivity index (χ0n) is 17.3. The van der Waals surface area contributed by atoms with Gasteiger partial charge in [-0.25, -0.2) is 0 Å². The molecule has 3 rings (SSSR count). The normalized spacial score (nSPS) is 10.6. The van der Waals surface area contributed by atoms with E-state index in [0.717, 1.165) is 22.7 Å². The molecule has 0 aliphatic carbocycles. The van der Waals surface area contributed by atoms with Gasteiger partial charge in [0.15, 0.2) is 0 Å². The van der Waals surface area contributed by atoms with Gasteiger partial charge in [0, 0.05) is 0 Å². The fourth-order valence-electron chi connectivity index (χ4n) is 2.63. The van der Waals surface area contributed by atoms with Crippen LogP contribution in [0.25, 0.3) is 5.69 Å². The number of aromatic nitrogens is 4. The highest BCUT2D eigenvalue weighted by Crippen LogP contribution is 2.20. The van der Waals surface area contributed by atoms with E-state index in [0.29, 0.717) is 24.9 Å². The predicted molar refractivity (Wildman–Crippen MR) is 115 cm³/mol. The van der Waals surface area contributed by atoms with Crippen molar-refractivity contribution in [3.63, 3.8) is 0 Å². The van der Waals surface area contributed by atoms with Gasteiger partial charge in [-0.3, -0.25) is 4.79 Å². The lowest BCUT2D eigenvalue weighted by Gasteiger charge is -2.09. The fourth-order valence-corrected chi connectivity index (χ4v) is 3.35. The molecule has 1 amide bonds. The van der Waals surface area contributed by atoms with Crippen molar-refractivity contribution in [1.29, 1.82) is 0 Å². The molecule has 1 aromatic heterocycles. The lowest BCUT2D eigenvalue weighted by Crippen LogP contribution is -2.29. The first-order valence-electron chi connectivity index (χ1n) is 9.68. The minimum Gasteiger partial charge on any atom is -0.494 e. The molecule has 8 nitrogen and oxygen atoms in total. The lowest BCUT2D eigenvalue weighted by molar-refractivity contribution is -0.118. The van der Waals surface area contributed by atoms with Gasteiger partial charge in [0.05, 0.1) is 24.6 Å². The molecule has 2 aromatic carbocycles. The van der Waals surface area contributed by atoms with Gasteiger partial charge in [-0.05, 0) is 78.7 Å². The van der Waals surface area contributed by atoms with Crippen molar-refractivity contribution >= 4 is 17.7 Å². The number of rotatable bonds is 10. The van der Waals surface area contributed by atoms with Crippen LogP contribution in [0.4, 0.5) is 0 Å². The van der Waals surface area contributed by atoms with Crippen molar-refractivity contribution in [3.8, 4) is 17.2 Å². The maximum Gasteiger partial charge on any atom is 0.230 e. The number of hydrogen-bond acceptors (Lipinski definition) is 7. The number of amides is 1. The Morgan fingerprint density at radius 1 is 1.07 bits per heavy atom. The van der Waals surface area contributed by atoms with E-state index in [-0.39, 0.29) is 11.7 Å². The zero-order valence-corrected chi connectivity index (χ0v) is 18.1. The summed E-state index contributed by atoms with van der Waals surface area (Å²) >= 11 is 1.29. The Labute approximate surface area is 180 Å². The first-order chi connectivity index (χ1) is 14.6. The van der Waals surface area contributed by atoms with E-state index in [1.807, 2.05) is 56.3 Å². The van der Waals surface area contributed by atoms with E-state index < -0.39 is 0 Å². The number of thioether (sulfide) groups is 1. The van der Waals surface area contributed by atoms with E-state index in [2.05, 4.69) is 27.8 Å². The molecule has 0 aliphatic heterocycles. The van der Waals surface area contributed by atoms with Gasteiger partial charge in [-0.1, -0.05) is 17.8 Å². The Morgan fingerprint density at radius 2 is 1.80 bits per heavy atom. The minimum atomic E-state index is -0.107. The molecule has 3 aromatic rings. The van der Waals surface area contributed by atoms with Gasteiger partial charge in [0.2, 0.25) is 11.1 Å². The zero-order chi connectivity index (χ0) is 21.3. The molecule has 30 heavy (non-hydrogen) atoms. The number of hydrogen-bond donors (Lipinski definition) is 1. The molecule has 0 saturated heterocycles. The van der Waals surface area contributed by atoms with Gasteiger partial charge in [-0.2, -0.15) is 4.68 Å². The van der Waals surface area contributed by atoms with Crippen LogP contribution in [0.2, 0.25) is 0 Å². The summed E-state index contributed by atoms with van der Waals surface area (Å²) in [6.07, 6.45) is 0. The molecule has 1 N–H and O–H groups in total. The standard InChI is InChI=1S/C21H25N5O3S/c1-4-28-18-7-9-19(10-8-18)29-12-11-22-20(27)14-30-21-23-24-25-26(21)17-6-5-15(2)16(3)13-17/h5-10,13H,4,11-12,14H2,1-3H3,(H,22,27). The molecule has 9 heteroatoms. The van der Waals surface area contributed by atoms with Crippen LogP contribution in [-0.4, -0.2) is 51.6 Å². The second kappa shape index (κ2) is 10.6. The van der Waals surface area contributed by atoms with Crippen LogP contribution in [0.3, 0.4) is 0 Å². The molecule has 0 atom stereocenters. The molecular formula is C21H25N5O3S. The van der Waals surface area contributed by atoms with Crippen molar-refractivity contribution in [1.82, 2.24) is 25.5 Å². The summed E-state index contributed by atoms with van der Waals surface area (Å²) in [7, 11) is 0. The lowest BCUT2D eigenvalue weighted by atomic mass is 10.1. The van der Waals surface area contributed by atoms with Crippen LogP contribution < -0.4 is 14.8 Å². The summed E-state index contributed by atoms with van der Waals surface area (Å²) < 4.78 is 12.7. The molecule has 0 spiro atoms. The van der Waals surface area contributed by atoms with Gasteiger partial charge >= 0.3 is 0 Å². The molecule has 0 aliphatic rings. The Kier molecular flexibility index (Phi) is 7.67. The Morgan fingerprint density at radius 3 is 2.50 bits per heavy atom. The highest BCUT2D eigenvalue weighted by molar-refractivity contribution is 7.99. The van der Waals surface area contributed by atoms with Crippen molar-refractivity contribution < 1.29 is 14.3 Å². The number of tetrazole rings is 1. The third-order valence-electron chi connectivity index (χ3n) is 4.34. The number of carbonyl (C=O) groups excluding carboxylic acids is 1. The minimum absolute atomic E-state index is 0.107. The largest absolute Gasteiger partial charge is 0.494 e. The average molecular weight is 428 g/mol. The van der Waals surface area contributed by atoms with Crippen LogP contribution in [0.15, 0.2) is 47.6 Å². The topological polar surface area (TPSA) is 91.2 Å². The SMILES string of the molecule is CCOc1ccc(OCCNC(=O)CSc2nnnn2-c2ccc(C)c(C)c2)cc1. The molecule has 1 heterocycles. The van der Waals surface area contributed by atoms with Crippen LogP contribution in [0.5, 0.6) is 11.5 Å². The Balaban J connectivity index is 1.42. The van der Waals surface area contributed by atoms with Crippen LogP contribution in [-0.2, 0) is 4.79 Å². The molecule has 0 radical (unpaired) electrons. The quantitative estimate of drug-likeness (QED) is 0.393. The van der Waals surface area contributed by atoms with Crippen molar-refractivity contribution in [2.75, 3.05) is 25.5 Å². The maximum atomic E-state index is 12.1. The van der Waals surface area contributed by atoms with Crippen LogP contribution >= 0.6 is 11.8 Å². The van der Waals surface area contributed by atoms with E-state index >= 15 is 0 Å². The molecular weight excluding hydrogens is 402 g/mol. The van der Waals surface area contributed by atoms with Crippen molar-refractivity contribution in [2.24, 2.45) is 0 Å². The van der Waals surface area contributed by atoms with Gasteiger partial charge in [-0.15, -0.1) is 5.10 Å². The summed E-state index contributed by atoms with van der Waals surface area (Å²) in [6, 6.07) is 13.4. The summed E-state index contributed by atoms with van der Waals surface area (Å²) in [5, 5.41) is 15.2. The van der Waals surface area contributed by atoms with E-state index in [1.54, 1.807) is 4.68 Å². The molecule has 158 valence electrons. The maximum absolute atomic E-state index is 12.1. The third kappa shape index (κ3) is 5.96. The van der Waals surface area contributed by atoms with Crippen LogP contribution in [0, 0.1) is 13.8 Å². The third-order valence-corrected chi connectivity index (χ3v) is 5.26. The van der Waals surface area contributed by atoms with Gasteiger partial charge in [0.25, 0.3) is 0 Å². The Hall–Kier alpha value is -3.07. The fraction of sp³-hybridized carbons (Fsp3) is 0.333. The smallest absolute Gasteiger partial charge is 0.230 e. The summed E-state index contributed by atoms with van der Waals surface area (Å²) in [5.41, 5.74) is 3.23. The second-order valence-corrected chi connectivity index (χ2v) is 7.48. The first-order valence-corrected chi connectivity index (χ1v) is 10.7. The second-order valence-electron chi connectivity index (χ2n) is 6.53. The highest BCUT2D eigenvalue weighted by atomic mass is 32.2. The summed E-state index contributed by atoms with van der Waals surface area (Å²) in [4.78, 5) is 12.1. The van der Waals surface area contributed by atoms with Gasteiger partial charge in [0.1, 0.15) is 18.1 Å². The van der Waals surface area contributed by atoms with Gasteiger partial charge < -0.3 is 14.8 Å². The average Bonchev–Trinajstić information content (AvgIpc) is 3.22. The predicted octanol–water partition coefficient (Wildman–Crippen LogP) is 2.97. The first kappa shape index (κ1) is 21.6. The van der Waals surface area contributed by atoms with Crippen LogP contribution in [0.1, 0.15) is 18.1 Å². The number of nitrogens with zero attached hydrogens (tertiary/aromatic N) is 4. The summed E-state index contributed by atoms with van der Waals surface area (Å²) in [5.74, 6) is 1.65. The molecule has 0 saturated carbocycles. The number of benzene rings is 2. The molecule has 0 fully saturated rings.